The van der Waals surface area contributed by atoms with Gasteiger partial charge in [-0.2, -0.15) is 0 Å². The number of hydrogen-bond donors (Lipinski definition) is 2. The van der Waals surface area contributed by atoms with Gasteiger partial charge >= 0.3 is 0 Å². The zero-order valence-electron chi connectivity index (χ0n) is 20.1. The molecule has 3 rings (SSSR count). The minimum absolute atomic E-state index is 0.296. The number of aliphatic hydroxyl groups is 1. The maximum absolute atomic E-state index is 8.77. The number of aliphatic hydroxyl groups excluding tert-OH is 1. The molecule has 3 fully saturated rings. The smallest absolute Gasteiger partial charge is 0.0558 e. The van der Waals surface area contributed by atoms with Crippen LogP contribution in [0.1, 0.15) is 72.1 Å². The van der Waals surface area contributed by atoms with Crippen molar-refractivity contribution in [3.05, 3.63) is 0 Å². The normalized spacial score (nSPS) is 21.9. The van der Waals surface area contributed by atoms with Gasteiger partial charge in [0.1, 0.15) is 0 Å². The fourth-order valence-corrected chi connectivity index (χ4v) is 4.61. The summed E-state index contributed by atoms with van der Waals surface area (Å²) in [6.45, 7) is 15.5. The summed E-state index contributed by atoms with van der Waals surface area (Å²) < 4.78 is 0. The predicted octanol–water partition coefficient (Wildman–Crippen LogP) is 3.27. The topological polar surface area (TPSA) is 56.0 Å². The molecule has 0 aromatic carbocycles. The summed E-state index contributed by atoms with van der Waals surface area (Å²) >= 11 is 0. The Morgan fingerprint density at radius 2 is 1.48 bits per heavy atom. The molecule has 1 heterocycles. The van der Waals surface area contributed by atoms with Gasteiger partial charge in [0.15, 0.2) is 0 Å². The Bertz CT molecular complexity index is 362. The lowest BCUT2D eigenvalue weighted by Crippen LogP contribution is -2.48. The van der Waals surface area contributed by atoms with Crippen LogP contribution in [0.3, 0.4) is 0 Å². The molecule has 0 unspecified atom stereocenters. The van der Waals surface area contributed by atoms with Gasteiger partial charge in [-0.15, -0.1) is 0 Å². The largest absolute Gasteiger partial charge is 0.395 e. The van der Waals surface area contributed by atoms with Gasteiger partial charge in [0.25, 0.3) is 0 Å². The van der Waals surface area contributed by atoms with E-state index in [1.54, 1.807) is 0 Å². The second kappa shape index (κ2) is 16.5. The predicted molar refractivity (Wildman–Crippen MR) is 126 cm³/mol. The lowest BCUT2D eigenvalue weighted by atomic mass is 9.86. The monoisotopic (exact) mass is 412 g/mol. The summed E-state index contributed by atoms with van der Waals surface area (Å²) in [4.78, 5) is 7.47. The molecular formula is C24H52N4O. The highest BCUT2D eigenvalue weighted by molar-refractivity contribution is 4.80. The quantitative estimate of drug-likeness (QED) is 0.672. The van der Waals surface area contributed by atoms with Crippen molar-refractivity contribution >= 4 is 0 Å². The van der Waals surface area contributed by atoms with Crippen molar-refractivity contribution in [2.24, 2.45) is 17.6 Å². The van der Waals surface area contributed by atoms with Crippen molar-refractivity contribution in [3.8, 4) is 0 Å². The first-order valence-corrected chi connectivity index (χ1v) is 12.5. The van der Waals surface area contributed by atoms with E-state index >= 15 is 0 Å². The Morgan fingerprint density at radius 1 is 0.931 bits per heavy atom. The molecule has 3 N–H and O–H groups in total. The van der Waals surface area contributed by atoms with Gasteiger partial charge in [-0.1, -0.05) is 46.5 Å². The second-order valence-corrected chi connectivity index (χ2v) is 9.70. The Morgan fingerprint density at radius 3 is 1.93 bits per heavy atom. The summed E-state index contributed by atoms with van der Waals surface area (Å²) in [5.41, 5.74) is 4.85. The molecule has 2 aliphatic carbocycles. The van der Waals surface area contributed by atoms with E-state index in [0.29, 0.717) is 6.61 Å². The molecule has 174 valence electrons. The number of rotatable bonds is 7. The third kappa shape index (κ3) is 12.3. The molecule has 0 aromatic rings. The molecule has 5 heteroatoms. The highest BCUT2D eigenvalue weighted by atomic mass is 16.3. The maximum Gasteiger partial charge on any atom is 0.0558 e. The van der Waals surface area contributed by atoms with Crippen LogP contribution in [0.5, 0.6) is 0 Å². The van der Waals surface area contributed by atoms with Gasteiger partial charge in [-0.25, -0.2) is 0 Å². The van der Waals surface area contributed by atoms with E-state index < -0.39 is 0 Å². The van der Waals surface area contributed by atoms with Crippen LogP contribution in [0.4, 0.5) is 0 Å². The van der Waals surface area contributed by atoms with Crippen LogP contribution in [0.25, 0.3) is 0 Å². The van der Waals surface area contributed by atoms with Gasteiger partial charge in [-0.3, -0.25) is 4.90 Å². The highest BCUT2D eigenvalue weighted by Gasteiger charge is 2.24. The molecule has 0 radical (unpaired) electrons. The number of nitrogens with zero attached hydrogens (tertiary/aromatic N) is 3. The maximum atomic E-state index is 8.77. The molecule has 5 nitrogen and oxygen atoms in total. The van der Waals surface area contributed by atoms with Crippen molar-refractivity contribution < 1.29 is 5.11 Å². The molecule has 1 aliphatic heterocycles. The molecule has 0 spiro atoms. The van der Waals surface area contributed by atoms with Crippen molar-refractivity contribution in [1.82, 2.24) is 14.7 Å². The number of nitrogens with two attached hydrogens (primary N) is 1. The van der Waals surface area contributed by atoms with Crippen LogP contribution < -0.4 is 5.73 Å². The van der Waals surface area contributed by atoms with E-state index in [1.165, 1.54) is 64.5 Å². The molecular weight excluding hydrogens is 360 g/mol. The van der Waals surface area contributed by atoms with Gasteiger partial charge in [0.05, 0.1) is 6.61 Å². The minimum Gasteiger partial charge on any atom is -0.395 e. The summed E-state index contributed by atoms with van der Waals surface area (Å²) in [6, 6.07) is 0.946. The van der Waals surface area contributed by atoms with E-state index in [-0.39, 0.29) is 0 Å². The first-order valence-electron chi connectivity index (χ1n) is 12.5. The number of β-amino-alcohol motifs (C(OH)–C–C–N with tert-alkyl or cyclic N) is 1. The van der Waals surface area contributed by atoms with E-state index in [4.69, 9.17) is 10.8 Å². The van der Waals surface area contributed by atoms with E-state index in [0.717, 1.165) is 57.1 Å². The van der Waals surface area contributed by atoms with Crippen LogP contribution in [-0.2, 0) is 0 Å². The third-order valence-electron chi connectivity index (χ3n) is 6.47. The molecule has 2 saturated carbocycles. The Hall–Kier alpha value is -0.200. The third-order valence-corrected chi connectivity index (χ3v) is 6.47. The fraction of sp³-hybridized carbons (Fsp3) is 1.00. The van der Waals surface area contributed by atoms with Gasteiger partial charge in [0.2, 0.25) is 0 Å². The molecule has 0 aromatic heterocycles. The van der Waals surface area contributed by atoms with Crippen molar-refractivity contribution in [2.45, 2.75) is 78.2 Å². The van der Waals surface area contributed by atoms with Gasteiger partial charge < -0.3 is 20.6 Å². The zero-order chi connectivity index (χ0) is 21.5. The first kappa shape index (κ1) is 26.8. The molecule has 0 amide bonds. The summed E-state index contributed by atoms with van der Waals surface area (Å²) in [7, 11) is 2.33. The summed E-state index contributed by atoms with van der Waals surface area (Å²) in [5, 5.41) is 8.77. The average molecular weight is 413 g/mol. The summed E-state index contributed by atoms with van der Waals surface area (Å²) in [6.07, 6.45) is 11.9. The van der Waals surface area contributed by atoms with Crippen LogP contribution in [-0.4, -0.2) is 91.9 Å². The lowest BCUT2D eigenvalue weighted by Gasteiger charge is -2.37. The second-order valence-electron chi connectivity index (χ2n) is 9.70. The van der Waals surface area contributed by atoms with Gasteiger partial charge in [0, 0.05) is 51.9 Å². The Labute approximate surface area is 182 Å². The number of piperazine rings is 1. The minimum atomic E-state index is 0.296. The standard InChI is InChI=1S/C12H23N.C10H22N2O.C2H7N/c1-13(12-8-5-9-12)10-11-6-3-2-4-7-11;1-10(2)9-12-5-3-11(4-6-12)7-8-13;1-2-3/h11-12H,2-10H2,1H3;10,13H,3-9H2,1-2H3;2-3H2,1H3. The molecule has 0 bridgehead atoms. The molecule has 1 saturated heterocycles. The fourth-order valence-electron chi connectivity index (χ4n) is 4.61. The highest BCUT2D eigenvalue weighted by Crippen LogP contribution is 2.28. The van der Waals surface area contributed by atoms with Crippen molar-refractivity contribution in [3.63, 3.8) is 0 Å². The van der Waals surface area contributed by atoms with E-state index in [1.807, 2.05) is 6.92 Å². The SMILES string of the molecule is CC(C)CN1CCN(CCO)CC1.CCN.CN(CC1CCCCC1)C1CCC1. The van der Waals surface area contributed by atoms with E-state index in [9.17, 15) is 0 Å². The van der Waals surface area contributed by atoms with Crippen LogP contribution in [0, 0.1) is 11.8 Å². The first-order chi connectivity index (χ1) is 14.0. The van der Waals surface area contributed by atoms with Crippen LogP contribution >= 0.6 is 0 Å². The Kier molecular flexibility index (Phi) is 15.3. The average Bonchev–Trinajstić information content (AvgIpc) is 2.64. The molecule has 3 aliphatic rings. The number of hydrogen-bond acceptors (Lipinski definition) is 5. The van der Waals surface area contributed by atoms with E-state index in [2.05, 4.69) is 35.6 Å². The Balaban J connectivity index is 0.000000256. The van der Waals surface area contributed by atoms with Crippen LogP contribution in [0.15, 0.2) is 0 Å². The molecule has 29 heavy (non-hydrogen) atoms. The lowest BCUT2D eigenvalue weighted by molar-refractivity contribution is 0.105. The van der Waals surface area contributed by atoms with Crippen molar-refractivity contribution in [1.29, 1.82) is 0 Å². The zero-order valence-corrected chi connectivity index (χ0v) is 20.1. The van der Waals surface area contributed by atoms with Crippen molar-refractivity contribution in [2.75, 3.05) is 66.0 Å². The van der Waals surface area contributed by atoms with Crippen LogP contribution in [0.2, 0.25) is 0 Å². The van der Waals surface area contributed by atoms with Gasteiger partial charge in [-0.05, 0) is 51.1 Å². The molecule has 0 atom stereocenters. The summed E-state index contributed by atoms with van der Waals surface area (Å²) in [5.74, 6) is 1.80.